The molecule has 0 aromatic heterocycles. The van der Waals surface area contributed by atoms with Crippen molar-refractivity contribution >= 4 is 11.6 Å². The van der Waals surface area contributed by atoms with E-state index in [2.05, 4.69) is 10.6 Å². The predicted molar refractivity (Wildman–Crippen MR) is 75.9 cm³/mol. The molecule has 1 aromatic carbocycles. The number of anilines is 1. The smallest absolute Gasteiger partial charge is 0.239 e. The highest BCUT2D eigenvalue weighted by atomic mass is 16.5. The molecule has 106 valence electrons. The molecule has 0 aliphatic rings. The Kier molecular flexibility index (Phi) is 5.03. The fourth-order valence-corrected chi connectivity index (χ4v) is 1.59. The van der Waals surface area contributed by atoms with Gasteiger partial charge in [0.2, 0.25) is 5.91 Å². The predicted octanol–water partition coefficient (Wildman–Crippen LogP) is 2.03. The maximum atomic E-state index is 11.7. The van der Waals surface area contributed by atoms with Gasteiger partial charge in [0.05, 0.1) is 26.5 Å². The summed E-state index contributed by atoms with van der Waals surface area (Å²) in [5.74, 6) is 1.31. The summed E-state index contributed by atoms with van der Waals surface area (Å²) < 4.78 is 10.4. The number of amides is 1. The largest absolute Gasteiger partial charge is 0.497 e. The average Bonchev–Trinajstić information content (AvgIpc) is 2.33. The number of hydrogen-bond donors (Lipinski definition) is 2. The molecule has 1 amide bonds. The van der Waals surface area contributed by atoms with Gasteiger partial charge >= 0.3 is 0 Å². The summed E-state index contributed by atoms with van der Waals surface area (Å²) in [5, 5.41) is 5.93. The first-order valence-corrected chi connectivity index (χ1v) is 6.12. The molecule has 0 unspecified atom stereocenters. The topological polar surface area (TPSA) is 59.6 Å². The van der Waals surface area contributed by atoms with E-state index in [1.807, 2.05) is 20.8 Å². The zero-order valence-electron chi connectivity index (χ0n) is 12.2. The third-order valence-corrected chi connectivity index (χ3v) is 2.36. The average molecular weight is 266 g/mol. The van der Waals surface area contributed by atoms with E-state index in [-0.39, 0.29) is 18.0 Å². The van der Waals surface area contributed by atoms with E-state index in [0.717, 1.165) is 5.69 Å². The van der Waals surface area contributed by atoms with Crippen molar-refractivity contribution in [3.8, 4) is 11.5 Å². The van der Waals surface area contributed by atoms with Crippen molar-refractivity contribution < 1.29 is 14.3 Å². The molecule has 0 heterocycles. The summed E-state index contributed by atoms with van der Waals surface area (Å²) in [4.78, 5) is 11.7. The van der Waals surface area contributed by atoms with Crippen LogP contribution in [0.5, 0.6) is 11.5 Å². The Labute approximate surface area is 114 Å². The van der Waals surface area contributed by atoms with Crippen LogP contribution in [0.1, 0.15) is 20.8 Å². The molecule has 0 aliphatic heterocycles. The van der Waals surface area contributed by atoms with Crippen LogP contribution in [0.2, 0.25) is 0 Å². The summed E-state index contributed by atoms with van der Waals surface area (Å²) in [5.41, 5.74) is 0.489. The molecule has 0 radical (unpaired) electrons. The molecule has 0 saturated heterocycles. The van der Waals surface area contributed by atoms with Gasteiger partial charge in [0.15, 0.2) is 0 Å². The second kappa shape index (κ2) is 6.31. The minimum atomic E-state index is -0.239. The van der Waals surface area contributed by atoms with Gasteiger partial charge in [0, 0.05) is 11.6 Å². The normalized spacial score (nSPS) is 10.8. The van der Waals surface area contributed by atoms with E-state index in [0.29, 0.717) is 11.5 Å². The molecule has 1 aromatic rings. The summed E-state index contributed by atoms with van der Waals surface area (Å²) in [6.45, 7) is 6.01. The van der Waals surface area contributed by atoms with Crippen molar-refractivity contribution in [3.05, 3.63) is 18.2 Å². The third kappa shape index (κ3) is 5.07. The number of methoxy groups -OCH3 is 2. The van der Waals surface area contributed by atoms with Crippen molar-refractivity contribution in [2.45, 2.75) is 26.3 Å². The van der Waals surface area contributed by atoms with Gasteiger partial charge in [-0.05, 0) is 32.9 Å². The molecule has 1 rings (SSSR count). The zero-order chi connectivity index (χ0) is 14.5. The second-order valence-electron chi connectivity index (χ2n) is 5.22. The van der Waals surface area contributed by atoms with Crippen molar-refractivity contribution in [3.63, 3.8) is 0 Å². The number of carbonyl (C=O) groups is 1. The quantitative estimate of drug-likeness (QED) is 0.856. The lowest BCUT2D eigenvalue weighted by Crippen LogP contribution is -2.43. The van der Waals surface area contributed by atoms with Gasteiger partial charge in [0.25, 0.3) is 0 Å². The fraction of sp³-hybridized carbons (Fsp3) is 0.500. The van der Waals surface area contributed by atoms with Crippen molar-refractivity contribution in [1.82, 2.24) is 5.32 Å². The van der Waals surface area contributed by atoms with Gasteiger partial charge in [-0.1, -0.05) is 0 Å². The minimum absolute atomic E-state index is 0.0719. The van der Waals surface area contributed by atoms with Crippen LogP contribution in [0.3, 0.4) is 0 Å². The van der Waals surface area contributed by atoms with Crippen LogP contribution < -0.4 is 20.1 Å². The molecule has 0 aliphatic carbocycles. The van der Waals surface area contributed by atoms with Crippen molar-refractivity contribution in [2.75, 3.05) is 26.1 Å². The van der Waals surface area contributed by atoms with Crippen LogP contribution in [-0.2, 0) is 4.79 Å². The van der Waals surface area contributed by atoms with E-state index < -0.39 is 0 Å². The highest BCUT2D eigenvalue weighted by Gasteiger charge is 2.14. The Bertz CT molecular complexity index is 439. The third-order valence-electron chi connectivity index (χ3n) is 2.36. The van der Waals surface area contributed by atoms with Gasteiger partial charge in [-0.2, -0.15) is 0 Å². The maximum absolute atomic E-state index is 11.7. The summed E-state index contributed by atoms with van der Waals surface area (Å²) in [6.07, 6.45) is 0. The van der Waals surface area contributed by atoms with E-state index >= 15 is 0 Å². The van der Waals surface area contributed by atoms with Gasteiger partial charge in [-0.15, -0.1) is 0 Å². The van der Waals surface area contributed by atoms with Crippen LogP contribution >= 0.6 is 0 Å². The highest BCUT2D eigenvalue weighted by molar-refractivity contribution is 5.82. The number of carbonyl (C=O) groups excluding carboxylic acids is 1. The molecular weight excluding hydrogens is 244 g/mol. The van der Waals surface area contributed by atoms with Crippen molar-refractivity contribution in [1.29, 1.82) is 0 Å². The Hall–Kier alpha value is -1.91. The number of benzene rings is 1. The summed E-state index contributed by atoms with van der Waals surface area (Å²) in [7, 11) is 3.18. The van der Waals surface area contributed by atoms with Gasteiger partial charge in [-0.25, -0.2) is 0 Å². The molecule has 0 spiro atoms. The van der Waals surface area contributed by atoms with Gasteiger partial charge in [0.1, 0.15) is 11.5 Å². The lowest BCUT2D eigenvalue weighted by molar-refractivity contribution is -0.120. The van der Waals surface area contributed by atoms with Crippen LogP contribution in [0, 0.1) is 0 Å². The first kappa shape index (κ1) is 15.1. The Balaban J connectivity index is 2.68. The highest BCUT2D eigenvalue weighted by Crippen LogP contribution is 2.28. The molecule has 2 N–H and O–H groups in total. The Morgan fingerprint density at radius 1 is 1.21 bits per heavy atom. The molecule has 0 saturated carbocycles. The lowest BCUT2D eigenvalue weighted by atomic mass is 10.1. The molecular formula is C14H22N2O3. The maximum Gasteiger partial charge on any atom is 0.239 e. The van der Waals surface area contributed by atoms with E-state index in [1.54, 1.807) is 32.4 Å². The Morgan fingerprint density at radius 3 is 2.42 bits per heavy atom. The fourth-order valence-electron chi connectivity index (χ4n) is 1.59. The van der Waals surface area contributed by atoms with E-state index in [4.69, 9.17) is 9.47 Å². The van der Waals surface area contributed by atoms with Gasteiger partial charge < -0.3 is 20.1 Å². The minimum Gasteiger partial charge on any atom is -0.497 e. The first-order valence-electron chi connectivity index (χ1n) is 6.12. The molecule has 0 bridgehead atoms. The van der Waals surface area contributed by atoms with E-state index in [9.17, 15) is 4.79 Å². The molecule has 19 heavy (non-hydrogen) atoms. The number of nitrogens with one attached hydrogen (secondary N) is 2. The van der Waals surface area contributed by atoms with Gasteiger partial charge in [-0.3, -0.25) is 4.79 Å². The molecule has 5 heteroatoms. The monoisotopic (exact) mass is 266 g/mol. The van der Waals surface area contributed by atoms with Crippen LogP contribution in [0.4, 0.5) is 5.69 Å². The SMILES string of the molecule is COc1ccc(OC)c(NCC(=O)NC(C)(C)C)c1. The zero-order valence-corrected chi connectivity index (χ0v) is 12.2. The molecule has 0 atom stereocenters. The van der Waals surface area contributed by atoms with Crippen molar-refractivity contribution in [2.24, 2.45) is 0 Å². The number of hydrogen-bond acceptors (Lipinski definition) is 4. The van der Waals surface area contributed by atoms with E-state index in [1.165, 1.54) is 0 Å². The first-order chi connectivity index (χ1) is 8.85. The summed E-state index contributed by atoms with van der Waals surface area (Å²) >= 11 is 0. The van der Waals surface area contributed by atoms with Crippen LogP contribution in [-0.4, -0.2) is 32.2 Å². The lowest BCUT2D eigenvalue weighted by Gasteiger charge is -2.21. The van der Waals surface area contributed by atoms with Crippen LogP contribution in [0.15, 0.2) is 18.2 Å². The molecule has 5 nitrogen and oxygen atoms in total. The number of ether oxygens (including phenoxy) is 2. The van der Waals surface area contributed by atoms with Crippen LogP contribution in [0.25, 0.3) is 0 Å². The Morgan fingerprint density at radius 2 is 1.89 bits per heavy atom. The molecule has 0 fully saturated rings. The number of rotatable bonds is 5. The second-order valence-corrected chi connectivity index (χ2v) is 5.22. The summed E-state index contributed by atoms with van der Waals surface area (Å²) in [6, 6.07) is 5.39. The standard InChI is InChI=1S/C14H22N2O3/c1-14(2,3)16-13(17)9-15-11-8-10(18-4)6-7-12(11)19-5/h6-8,15H,9H2,1-5H3,(H,16,17).